The lowest BCUT2D eigenvalue weighted by atomic mass is 10.3. The average Bonchev–Trinajstić information content (AvgIpc) is 3.12. The van der Waals surface area contributed by atoms with Crippen LogP contribution in [0.4, 0.5) is 5.00 Å². The molecule has 0 amide bonds. The highest BCUT2D eigenvalue weighted by Gasteiger charge is 2.20. The van der Waals surface area contributed by atoms with Gasteiger partial charge < -0.3 is 19.9 Å². The normalized spacial score (nSPS) is 16.0. The Morgan fingerprint density at radius 3 is 2.74 bits per heavy atom. The number of hydrogen-bond acceptors (Lipinski definition) is 4. The summed E-state index contributed by atoms with van der Waals surface area (Å²) in [6, 6.07) is 4.33. The Bertz CT molecular complexity index is 441. The summed E-state index contributed by atoms with van der Waals surface area (Å²) in [6.45, 7) is 11.8. The molecule has 5 nitrogen and oxygen atoms in total. The molecule has 0 bridgehead atoms. The molecule has 0 spiro atoms. The smallest absolute Gasteiger partial charge is 0.194 e. The minimum Gasteiger partial charge on any atom is -0.382 e. The number of aliphatic imine (C=N–C) groups is 1. The number of nitrogens with zero attached hydrogens (tertiary/aromatic N) is 3. The minimum absolute atomic E-state index is 0.806. The minimum atomic E-state index is 0.806. The van der Waals surface area contributed by atoms with Crippen molar-refractivity contribution in [3.05, 3.63) is 17.5 Å². The van der Waals surface area contributed by atoms with Crippen LogP contribution >= 0.6 is 11.3 Å². The Kier molecular flexibility index (Phi) is 8.25. The molecule has 1 fully saturated rings. The lowest BCUT2D eigenvalue weighted by Gasteiger charge is -2.37. The van der Waals surface area contributed by atoms with Crippen molar-refractivity contribution in [3.63, 3.8) is 0 Å². The summed E-state index contributed by atoms with van der Waals surface area (Å²) in [4.78, 5) is 9.63. The number of rotatable bonds is 8. The van der Waals surface area contributed by atoms with Crippen molar-refractivity contribution in [1.29, 1.82) is 0 Å². The average molecular weight is 339 g/mol. The highest BCUT2D eigenvalue weighted by molar-refractivity contribution is 7.14. The van der Waals surface area contributed by atoms with Crippen LogP contribution in [-0.2, 0) is 4.74 Å². The number of thiophene rings is 1. The van der Waals surface area contributed by atoms with Gasteiger partial charge >= 0.3 is 0 Å². The molecule has 0 aliphatic carbocycles. The van der Waals surface area contributed by atoms with Gasteiger partial charge in [-0.25, -0.2) is 0 Å². The molecule has 1 N–H and O–H groups in total. The summed E-state index contributed by atoms with van der Waals surface area (Å²) in [5, 5.41) is 6.96. The first-order chi connectivity index (χ1) is 11.3. The van der Waals surface area contributed by atoms with E-state index in [0.29, 0.717) is 0 Å². The summed E-state index contributed by atoms with van der Waals surface area (Å²) < 4.78 is 5.37. The molecule has 1 aliphatic rings. The number of hydrogen-bond donors (Lipinski definition) is 1. The van der Waals surface area contributed by atoms with E-state index in [-0.39, 0.29) is 0 Å². The van der Waals surface area contributed by atoms with E-state index in [1.807, 2.05) is 18.3 Å². The number of piperazine rings is 1. The highest BCUT2D eigenvalue weighted by atomic mass is 32.1. The Morgan fingerprint density at radius 1 is 1.26 bits per heavy atom. The molecule has 2 rings (SSSR count). The van der Waals surface area contributed by atoms with Gasteiger partial charge in [0.1, 0.15) is 0 Å². The zero-order chi connectivity index (χ0) is 16.3. The van der Waals surface area contributed by atoms with Gasteiger partial charge in [0.25, 0.3) is 0 Å². The van der Waals surface area contributed by atoms with E-state index in [4.69, 9.17) is 9.73 Å². The van der Waals surface area contributed by atoms with Crippen molar-refractivity contribution < 1.29 is 4.74 Å². The molecule has 1 aromatic rings. The van der Waals surface area contributed by atoms with Gasteiger partial charge in [0.15, 0.2) is 5.96 Å². The maximum Gasteiger partial charge on any atom is 0.194 e. The first-order valence-electron chi connectivity index (χ1n) is 8.74. The molecular formula is C17H30N4OS. The summed E-state index contributed by atoms with van der Waals surface area (Å²) in [5.41, 5.74) is 0. The van der Waals surface area contributed by atoms with E-state index in [0.717, 1.165) is 71.3 Å². The summed E-state index contributed by atoms with van der Waals surface area (Å²) in [6.07, 6.45) is 2.17. The number of nitrogens with one attached hydrogen (secondary N) is 1. The third kappa shape index (κ3) is 6.03. The van der Waals surface area contributed by atoms with Gasteiger partial charge in [-0.1, -0.05) is 0 Å². The fourth-order valence-electron chi connectivity index (χ4n) is 2.66. The van der Waals surface area contributed by atoms with Crippen molar-refractivity contribution >= 4 is 22.3 Å². The molecular weight excluding hydrogens is 308 g/mol. The van der Waals surface area contributed by atoms with Crippen molar-refractivity contribution in [1.82, 2.24) is 10.2 Å². The van der Waals surface area contributed by atoms with Crippen LogP contribution in [0.25, 0.3) is 0 Å². The largest absolute Gasteiger partial charge is 0.382 e. The predicted octanol–water partition coefficient (Wildman–Crippen LogP) is 2.65. The third-order valence-electron chi connectivity index (χ3n) is 3.89. The van der Waals surface area contributed by atoms with Gasteiger partial charge in [-0.2, -0.15) is 0 Å². The zero-order valence-electron chi connectivity index (χ0n) is 14.5. The lowest BCUT2D eigenvalue weighted by Crippen LogP contribution is -2.52. The SMILES string of the molecule is CCNC(=NCCCCOCC)N1CCN(c2cccs2)CC1. The first kappa shape index (κ1) is 18.1. The van der Waals surface area contributed by atoms with E-state index in [1.54, 1.807) is 0 Å². The van der Waals surface area contributed by atoms with Crippen LogP contribution in [0, 0.1) is 0 Å². The van der Waals surface area contributed by atoms with Gasteiger partial charge in [0.05, 0.1) is 5.00 Å². The summed E-state index contributed by atoms with van der Waals surface area (Å²) >= 11 is 1.82. The molecule has 23 heavy (non-hydrogen) atoms. The topological polar surface area (TPSA) is 40.1 Å². The Hall–Kier alpha value is -1.27. The van der Waals surface area contributed by atoms with E-state index in [2.05, 4.69) is 39.6 Å². The number of guanidine groups is 1. The van der Waals surface area contributed by atoms with Gasteiger partial charge in [0, 0.05) is 52.5 Å². The Balaban J connectivity index is 1.77. The molecule has 0 atom stereocenters. The van der Waals surface area contributed by atoms with E-state index in [9.17, 15) is 0 Å². The second-order valence-corrected chi connectivity index (χ2v) is 6.49. The fraction of sp³-hybridized carbons (Fsp3) is 0.706. The maximum absolute atomic E-state index is 5.37. The van der Waals surface area contributed by atoms with Crippen LogP contribution < -0.4 is 10.2 Å². The van der Waals surface area contributed by atoms with Crippen LogP contribution in [0.15, 0.2) is 22.5 Å². The van der Waals surface area contributed by atoms with E-state index in [1.165, 1.54) is 5.00 Å². The van der Waals surface area contributed by atoms with Gasteiger partial charge in [-0.15, -0.1) is 11.3 Å². The molecule has 0 saturated carbocycles. The molecule has 0 aromatic carbocycles. The van der Waals surface area contributed by atoms with E-state index >= 15 is 0 Å². The van der Waals surface area contributed by atoms with Crippen LogP contribution in [0.5, 0.6) is 0 Å². The predicted molar refractivity (Wildman–Crippen MR) is 99.8 cm³/mol. The number of anilines is 1. The molecule has 0 radical (unpaired) electrons. The third-order valence-corrected chi connectivity index (χ3v) is 4.82. The quantitative estimate of drug-likeness (QED) is 0.449. The number of unbranched alkanes of at least 4 members (excludes halogenated alkanes) is 1. The van der Waals surface area contributed by atoms with Crippen molar-refractivity contribution in [3.8, 4) is 0 Å². The summed E-state index contributed by atoms with van der Waals surface area (Å²) in [5.74, 6) is 1.06. The van der Waals surface area contributed by atoms with E-state index < -0.39 is 0 Å². The molecule has 6 heteroatoms. The van der Waals surface area contributed by atoms with Gasteiger partial charge in [-0.3, -0.25) is 4.99 Å². The molecule has 1 saturated heterocycles. The standard InChI is InChI=1S/C17H30N4OS/c1-3-18-17(19-9-5-6-14-22-4-2)21-12-10-20(11-13-21)16-8-7-15-23-16/h7-8,15H,3-6,9-14H2,1-2H3,(H,18,19). The fourth-order valence-corrected chi connectivity index (χ4v) is 3.44. The van der Waals surface area contributed by atoms with Gasteiger partial charge in [0.2, 0.25) is 0 Å². The lowest BCUT2D eigenvalue weighted by molar-refractivity contribution is 0.144. The van der Waals surface area contributed by atoms with Gasteiger partial charge in [-0.05, 0) is 44.2 Å². The molecule has 1 aliphatic heterocycles. The van der Waals surface area contributed by atoms with Crippen molar-refractivity contribution in [2.45, 2.75) is 26.7 Å². The zero-order valence-corrected chi connectivity index (χ0v) is 15.3. The van der Waals surface area contributed by atoms with Crippen molar-refractivity contribution in [2.24, 2.45) is 4.99 Å². The highest BCUT2D eigenvalue weighted by Crippen LogP contribution is 2.22. The van der Waals surface area contributed by atoms with Crippen LogP contribution in [0.3, 0.4) is 0 Å². The second-order valence-electron chi connectivity index (χ2n) is 5.57. The molecule has 1 aromatic heterocycles. The molecule has 2 heterocycles. The van der Waals surface area contributed by atoms with Crippen LogP contribution in [0.1, 0.15) is 26.7 Å². The molecule has 0 unspecified atom stereocenters. The second kappa shape index (κ2) is 10.5. The maximum atomic E-state index is 5.37. The molecule has 130 valence electrons. The van der Waals surface area contributed by atoms with Crippen molar-refractivity contribution in [2.75, 3.05) is 57.4 Å². The van der Waals surface area contributed by atoms with Crippen LogP contribution in [0.2, 0.25) is 0 Å². The summed E-state index contributed by atoms with van der Waals surface area (Å²) in [7, 11) is 0. The Morgan fingerprint density at radius 2 is 2.09 bits per heavy atom. The van der Waals surface area contributed by atoms with Crippen LogP contribution in [-0.4, -0.2) is 63.3 Å². The Labute approximate surface area is 144 Å². The first-order valence-corrected chi connectivity index (χ1v) is 9.62. The monoisotopic (exact) mass is 338 g/mol. The number of ether oxygens (including phenoxy) is 1.